The lowest BCUT2D eigenvalue weighted by Crippen LogP contribution is -2.38. The summed E-state index contributed by atoms with van der Waals surface area (Å²) in [4.78, 5) is 6.40. The molecule has 0 atom stereocenters. The number of nitrogens with one attached hydrogen (secondary N) is 1. The molecule has 0 heterocycles. The predicted octanol–water partition coefficient (Wildman–Crippen LogP) is 1.92. The fourth-order valence-electron chi connectivity index (χ4n) is 2.11. The summed E-state index contributed by atoms with van der Waals surface area (Å²) < 4.78 is 28.6. The molecule has 1 rings (SSSR count). The summed E-state index contributed by atoms with van der Waals surface area (Å²) in [5.74, 6) is 1.79. The van der Waals surface area contributed by atoms with Crippen LogP contribution in [-0.4, -0.2) is 57.5 Å². The molecule has 0 bridgehead atoms. The Morgan fingerprint density at radius 2 is 1.88 bits per heavy atom. The molecule has 0 aliphatic heterocycles. The summed E-state index contributed by atoms with van der Waals surface area (Å²) in [6.07, 6.45) is 0. The Kier molecular flexibility index (Phi) is 8.60. The molecule has 0 fully saturated rings. The number of benzene rings is 1. The van der Waals surface area contributed by atoms with Gasteiger partial charge in [0, 0.05) is 25.9 Å². The number of rotatable bonds is 9. The van der Waals surface area contributed by atoms with Gasteiger partial charge in [-0.2, -0.15) is 0 Å². The molecule has 1 N–H and O–H groups in total. The lowest BCUT2D eigenvalue weighted by Gasteiger charge is -2.22. The van der Waals surface area contributed by atoms with Crippen LogP contribution >= 0.6 is 0 Å². The maximum absolute atomic E-state index is 11.6. The SMILES string of the molecule is CCNC(=NCCS(=O)(=O)CC)N(C)Cc1ccc(OCC)cc1. The van der Waals surface area contributed by atoms with Crippen molar-refractivity contribution in [3.63, 3.8) is 0 Å². The smallest absolute Gasteiger partial charge is 0.193 e. The van der Waals surface area contributed by atoms with Gasteiger partial charge in [-0.3, -0.25) is 4.99 Å². The molecule has 1 aromatic carbocycles. The molecule has 0 aliphatic carbocycles. The number of ether oxygens (including phenoxy) is 1. The van der Waals surface area contributed by atoms with Crippen LogP contribution in [0.4, 0.5) is 0 Å². The molecule has 24 heavy (non-hydrogen) atoms. The maximum atomic E-state index is 11.6. The molecule has 136 valence electrons. The fourth-order valence-corrected chi connectivity index (χ4v) is 2.77. The molecule has 0 saturated heterocycles. The molecule has 0 radical (unpaired) electrons. The van der Waals surface area contributed by atoms with Crippen molar-refractivity contribution in [2.45, 2.75) is 27.3 Å². The van der Waals surface area contributed by atoms with Crippen LogP contribution in [-0.2, 0) is 16.4 Å². The molecule has 0 spiro atoms. The topological polar surface area (TPSA) is 71.0 Å². The van der Waals surface area contributed by atoms with E-state index in [1.807, 2.05) is 50.1 Å². The molecule has 0 aliphatic rings. The zero-order valence-electron chi connectivity index (χ0n) is 15.1. The van der Waals surface area contributed by atoms with E-state index in [0.29, 0.717) is 19.1 Å². The zero-order valence-corrected chi connectivity index (χ0v) is 15.9. The molecular formula is C17H29N3O3S. The number of guanidine groups is 1. The van der Waals surface area contributed by atoms with E-state index < -0.39 is 9.84 Å². The number of hydrogen-bond donors (Lipinski definition) is 1. The Labute approximate surface area is 145 Å². The van der Waals surface area contributed by atoms with Crippen molar-refractivity contribution in [2.24, 2.45) is 4.99 Å². The number of sulfone groups is 1. The van der Waals surface area contributed by atoms with Crippen LogP contribution < -0.4 is 10.1 Å². The van der Waals surface area contributed by atoms with Crippen molar-refractivity contribution in [2.75, 3.05) is 38.2 Å². The molecule has 7 heteroatoms. The van der Waals surface area contributed by atoms with Crippen LogP contribution in [0, 0.1) is 0 Å². The zero-order chi connectivity index (χ0) is 18.0. The van der Waals surface area contributed by atoms with Crippen molar-refractivity contribution in [1.82, 2.24) is 10.2 Å². The second-order valence-corrected chi connectivity index (χ2v) is 7.88. The van der Waals surface area contributed by atoms with Gasteiger partial charge in [-0.25, -0.2) is 8.42 Å². The van der Waals surface area contributed by atoms with Gasteiger partial charge in [0.2, 0.25) is 0 Å². The molecule has 0 amide bonds. The Morgan fingerprint density at radius 3 is 2.42 bits per heavy atom. The number of hydrogen-bond acceptors (Lipinski definition) is 4. The molecule has 6 nitrogen and oxygen atoms in total. The summed E-state index contributed by atoms with van der Waals surface area (Å²) in [5, 5.41) is 3.19. The van der Waals surface area contributed by atoms with Gasteiger partial charge in [-0.15, -0.1) is 0 Å². The van der Waals surface area contributed by atoms with E-state index in [4.69, 9.17) is 4.74 Å². The first-order chi connectivity index (χ1) is 11.4. The largest absolute Gasteiger partial charge is 0.494 e. The highest BCUT2D eigenvalue weighted by molar-refractivity contribution is 7.91. The number of aliphatic imine (C=N–C) groups is 1. The van der Waals surface area contributed by atoms with Gasteiger partial charge in [0.25, 0.3) is 0 Å². The molecule has 1 aromatic rings. The van der Waals surface area contributed by atoms with Gasteiger partial charge in [-0.1, -0.05) is 19.1 Å². The van der Waals surface area contributed by atoms with E-state index in [1.165, 1.54) is 0 Å². The Balaban J connectivity index is 2.69. The maximum Gasteiger partial charge on any atom is 0.193 e. The van der Waals surface area contributed by atoms with Crippen LogP contribution in [0.25, 0.3) is 0 Å². The van der Waals surface area contributed by atoms with E-state index in [1.54, 1.807) is 6.92 Å². The fraction of sp³-hybridized carbons (Fsp3) is 0.588. The Bertz CT molecular complexity index is 612. The summed E-state index contributed by atoms with van der Waals surface area (Å²) in [6, 6.07) is 7.94. The first-order valence-corrected chi connectivity index (χ1v) is 10.2. The van der Waals surface area contributed by atoms with Gasteiger partial charge < -0.3 is 15.0 Å². The highest BCUT2D eigenvalue weighted by atomic mass is 32.2. The first kappa shape index (κ1) is 20.3. The minimum absolute atomic E-state index is 0.0787. The van der Waals surface area contributed by atoms with Crippen molar-refractivity contribution < 1.29 is 13.2 Å². The molecule has 0 saturated carbocycles. The predicted molar refractivity (Wildman–Crippen MR) is 99.4 cm³/mol. The summed E-state index contributed by atoms with van der Waals surface area (Å²) >= 11 is 0. The van der Waals surface area contributed by atoms with Crippen molar-refractivity contribution >= 4 is 15.8 Å². The Hall–Kier alpha value is -1.76. The van der Waals surface area contributed by atoms with Crippen LogP contribution in [0.3, 0.4) is 0 Å². The van der Waals surface area contributed by atoms with E-state index in [2.05, 4.69) is 10.3 Å². The van der Waals surface area contributed by atoms with Gasteiger partial charge in [0.1, 0.15) is 5.75 Å². The van der Waals surface area contributed by atoms with Gasteiger partial charge in [0.15, 0.2) is 15.8 Å². The van der Waals surface area contributed by atoms with E-state index in [0.717, 1.165) is 17.9 Å². The second-order valence-electron chi connectivity index (χ2n) is 5.41. The average Bonchev–Trinajstić information content (AvgIpc) is 2.56. The summed E-state index contributed by atoms with van der Waals surface area (Å²) in [6.45, 7) is 7.93. The van der Waals surface area contributed by atoms with Gasteiger partial charge in [-0.05, 0) is 31.5 Å². The third-order valence-electron chi connectivity index (χ3n) is 3.45. The van der Waals surface area contributed by atoms with Crippen molar-refractivity contribution in [1.29, 1.82) is 0 Å². The lowest BCUT2D eigenvalue weighted by atomic mass is 10.2. The standard InChI is InChI=1S/C17H29N3O3S/c1-5-18-17(19-12-13-24(21,22)7-3)20(4)14-15-8-10-16(11-9-15)23-6-2/h8-11H,5-7,12-14H2,1-4H3,(H,18,19). The van der Waals surface area contributed by atoms with Crippen LogP contribution in [0.5, 0.6) is 5.75 Å². The Morgan fingerprint density at radius 1 is 1.21 bits per heavy atom. The van der Waals surface area contributed by atoms with Gasteiger partial charge in [0.05, 0.1) is 18.9 Å². The minimum Gasteiger partial charge on any atom is -0.494 e. The van der Waals surface area contributed by atoms with Crippen molar-refractivity contribution in [3.05, 3.63) is 29.8 Å². The van der Waals surface area contributed by atoms with E-state index in [9.17, 15) is 8.42 Å². The molecule has 0 aromatic heterocycles. The lowest BCUT2D eigenvalue weighted by molar-refractivity contribution is 0.340. The minimum atomic E-state index is -2.99. The first-order valence-electron chi connectivity index (χ1n) is 8.33. The van der Waals surface area contributed by atoms with E-state index in [-0.39, 0.29) is 18.1 Å². The number of nitrogens with zero attached hydrogens (tertiary/aromatic N) is 2. The van der Waals surface area contributed by atoms with Crippen LogP contribution in [0.15, 0.2) is 29.3 Å². The third kappa shape index (κ3) is 7.21. The summed E-state index contributed by atoms with van der Waals surface area (Å²) in [5.41, 5.74) is 1.13. The highest BCUT2D eigenvalue weighted by Gasteiger charge is 2.09. The van der Waals surface area contributed by atoms with Crippen molar-refractivity contribution in [3.8, 4) is 5.75 Å². The summed E-state index contributed by atoms with van der Waals surface area (Å²) in [7, 11) is -1.06. The molecule has 0 unspecified atom stereocenters. The normalized spacial score (nSPS) is 12.1. The third-order valence-corrected chi connectivity index (χ3v) is 5.14. The van der Waals surface area contributed by atoms with Crippen LogP contribution in [0.2, 0.25) is 0 Å². The van der Waals surface area contributed by atoms with E-state index >= 15 is 0 Å². The second kappa shape index (κ2) is 10.2. The molecular weight excluding hydrogens is 326 g/mol. The van der Waals surface area contributed by atoms with Gasteiger partial charge >= 0.3 is 0 Å². The van der Waals surface area contributed by atoms with Crippen LogP contribution in [0.1, 0.15) is 26.3 Å². The quantitative estimate of drug-likeness (QED) is 0.541. The average molecular weight is 356 g/mol. The highest BCUT2D eigenvalue weighted by Crippen LogP contribution is 2.13. The monoisotopic (exact) mass is 355 g/mol.